The largest absolute Gasteiger partial charge is 0.367 e. The van der Waals surface area contributed by atoms with Gasteiger partial charge in [0.25, 0.3) is 5.91 Å². The molecule has 1 N–H and O–H groups in total. The summed E-state index contributed by atoms with van der Waals surface area (Å²) in [6, 6.07) is 18.9. The van der Waals surface area contributed by atoms with Crippen LogP contribution in [0.2, 0.25) is 0 Å². The van der Waals surface area contributed by atoms with Crippen molar-refractivity contribution in [1.82, 2.24) is 14.8 Å². The van der Waals surface area contributed by atoms with Crippen LogP contribution in [0.5, 0.6) is 0 Å². The second kappa shape index (κ2) is 7.06. The van der Waals surface area contributed by atoms with E-state index in [0.29, 0.717) is 11.8 Å². The van der Waals surface area contributed by atoms with Crippen LogP contribution in [0, 0.1) is 0 Å². The van der Waals surface area contributed by atoms with E-state index in [1.807, 2.05) is 60.7 Å². The Bertz CT molecular complexity index is 816. The van der Waals surface area contributed by atoms with Gasteiger partial charge >= 0.3 is 0 Å². The summed E-state index contributed by atoms with van der Waals surface area (Å²) in [7, 11) is 3.24. The number of hydrogen-bond donors (Lipinski definition) is 1. The lowest BCUT2D eigenvalue weighted by Gasteiger charge is -2.14. The summed E-state index contributed by atoms with van der Waals surface area (Å²) in [6.45, 7) is 0. The van der Waals surface area contributed by atoms with Gasteiger partial charge in [-0.2, -0.15) is 4.98 Å². The highest BCUT2D eigenvalue weighted by molar-refractivity contribution is 5.93. The number of rotatable bonds is 5. The predicted molar refractivity (Wildman–Crippen MR) is 91.3 cm³/mol. The molecule has 0 fully saturated rings. The van der Waals surface area contributed by atoms with Crippen LogP contribution in [-0.2, 0) is 16.6 Å². The molecule has 0 aliphatic rings. The third-order valence-corrected chi connectivity index (χ3v) is 3.61. The van der Waals surface area contributed by atoms with Crippen molar-refractivity contribution in [2.75, 3.05) is 12.4 Å². The number of nitrogens with zero attached hydrogens (tertiary/aromatic N) is 3. The Morgan fingerprint density at radius 3 is 2.33 bits per heavy atom. The molecule has 1 aromatic heterocycles. The zero-order valence-corrected chi connectivity index (χ0v) is 13.5. The Labute approximate surface area is 140 Å². The van der Waals surface area contributed by atoms with Crippen LogP contribution < -0.4 is 5.32 Å². The highest BCUT2D eigenvalue weighted by Crippen LogP contribution is 2.20. The van der Waals surface area contributed by atoms with E-state index in [2.05, 4.69) is 15.4 Å². The molecule has 0 spiro atoms. The van der Waals surface area contributed by atoms with Gasteiger partial charge in [-0.3, -0.25) is 10.1 Å². The Balaban J connectivity index is 1.81. The van der Waals surface area contributed by atoms with E-state index in [1.54, 1.807) is 7.05 Å². The Morgan fingerprint density at radius 1 is 1.08 bits per heavy atom. The molecule has 1 amide bonds. The average molecular weight is 322 g/mol. The van der Waals surface area contributed by atoms with Crippen LogP contribution >= 0.6 is 0 Å². The van der Waals surface area contributed by atoms with Crippen LogP contribution in [0.1, 0.15) is 11.7 Å². The van der Waals surface area contributed by atoms with Crippen molar-refractivity contribution in [3.05, 3.63) is 66.2 Å². The highest BCUT2D eigenvalue weighted by atomic mass is 16.5. The molecule has 0 aliphatic heterocycles. The molecule has 6 heteroatoms. The summed E-state index contributed by atoms with van der Waals surface area (Å²) in [5.74, 6) is 0.637. The summed E-state index contributed by atoms with van der Waals surface area (Å²) in [5.41, 5.74) is 1.67. The smallest absolute Gasteiger partial charge is 0.260 e. The van der Waals surface area contributed by atoms with E-state index in [-0.39, 0.29) is 5.91 Å². The molecular formula is C18H18N4O2. The maximum absolute atomic E-state index is 12.5. The zero-order valence-electron chi connectivity index (χ0n) is 13.5. The van der Waals surface area contributed by atoms with Gasteiger partial charge in [0.1, 0.15) is 0 Å². The van der Waals surface area contributed by atoms with Crippen LogP contribution in [0.25, 0.3) is 11.4 Å². The minimum Gasteiger partial charge on any atom is -0.367 e. The van der Waals surface area contributed by atoms with Gasteiger partial charge in [0.15, 0.2) is 11.9 Å². The summed E-state index contributed by atoms with van der Waals surface area (Å²) in [6.07, 6.45) is -0.705. The van der Waals surface area contributed by atoms with Crippen molar-refractivity contribution in [3.8, 4) is 11.4 Å². The van der Waals surface area contributed by atoms with Crippen LogP contribution in [0.3, 0.4) is 0 Å². The first kappa shape index (κ1) is 15.9. The van der Waals surface area contributed by atoms with Crippen molar-refractivity contribution < 1.29 is 9.53 Å². The van der Waals surface area contributed by atoms with Gasteiger partial charge in [-0.1, -0.05) is 60.7 Å². The fourth-order valence-corrected chi connectivity index (χ4v) is 2.40. The third-order valence-electron chi connectivity index (χ3n) is 3.61. The number of carbonyl (C=O) groups is 1. The zero-order chi connectivity index (χ0) is 16.9. The second-order valence-corrected chi connectivity index (χ2v) is 5.26. The van der Waals surface area contributed by atoms with E-state index >= 15 is 0 Å². The normalized spacial score (nSPS) is 11.9. The van der Waals surface area contributed by atoms with Gasteiger partial charge in [0.05, 0.1) is 0 Å². The molecule has 3 aromatic rings. The fraction of sp³-hybridized carbons (Fsp3) is 0.167. The molecular weight excluding hydrogens is 304 g/mol. The molecule has 1 atom stereocenters. The summed E-state index contributed by atoms with van der Waals surface area (Å²) in [5, 5.41) is 7.12. The SMILES string of the molecule is CO[C@H](C(=O)Nc1nc(-c2ccccc2)nn1C)c1ccccc1. The van der Waals surface area contributed by atoms with Gasteiger partial charge in [0, 0.05) is 19.7 Å². The number of aryl methyl sites for hydroxylation is 1. The van der Waals surface area contributed by atoms with Crippen molar-refractivity contribution in [1.29, 1.82) is 0 Å². The molecule has 0 unspecified atom stereocenters. The first-order chi connectivity index (χ1) is 11.7. The fourth-order valence-electron chi connectivity index (χ4n) is 2.40. The van der Waals surface area contributed by atoms with Crippen molar-refractivity contribution in [2.24, 2.45) is 7.05 Å². The molecule has 1 heterocycles. The molecule has 2 aromatic carbocycles. The number of anilines is 1. The Hall–Kier alpha value is -2.99. The monoisotopic (exact) mass is 322 g/mol. The van der Waals surface area contributed by atoms with Crippen molar-refractivity contribution >= 4 is 11.9 Å². The van der Waals surface area contributed by atoms with E-state index in [0.717, 1.165) is 11.1 Å². The molecule has 3 rings (SSSR count). The summed E-state index contributed by atoms with van der Waals surface area (Å²) in [4.78, 5) is 16.9. The number of nitrogens with one attached hydrogen (secondary N) is 1. The predicted octanol–water partition coefficient (Wildman–Crippen LogP) is 2.81. The number of benzene rings is 2. The average Bonchev–Trinajstić information content (AvgIpc) is 2.98. The van der Waals surface area contributed by atoms with Gasteiger partial charge < -0.3 is 4.74 Å². The lowest BCUT2D eigenvalue weighted by atomic mass is 10.1. The number of hydrogen-bond acceptors (Lipinski definition) is 4. The summed E-state index contributed by atoms with van der Waals surface area (Å²) >= 11 is 0. The van der Waals surface area contributed by atoms with E-state index in [4.69, 9.17) is 4.74 Å². The lowest BCUT2D eigenvalue weighted by molar-refractivity contribution is -0.126. The summed E-state index contributed by atoms with van der Waals surface area (Å²) < 4.78 is 6.87. The first-order valence-corrected chi connectivity index (χ1v) is 7.54. The standard InChI is InChI=1S/C18H18N4O2/c1-22-18(19-16(21-22)14-11-7-4-8-12-14)20-17(23)15(24-2)13-9-5-3-6-10-13/h3-12,15H,1-2H3,(H,19,20,21,23)/t15-/m0/s1. The van der Waals surface area contributed by atoms with Gasteiger partial charge in [-0.15, -0.1) is 5.10 Å². The second-order valence-electron chi connectivity index (χ2n) is 5.26. The van der Waals surface area contributed by atoms with Crippen LogP contribution in [0.15, 0.2) is 60.7 Å². The molecule has 0 radical (unpaired) electrons. The Morgan fingerprint density at radius 2 is 1.71 bits per heavy atom. The Kier molecular flexibility index (Phi) is 4.67. The molecule has 0 bridgehead atoms. The lowest BCUT2D eigenvalue weighted by Crippen LogP contribution is -2.24. The van der Waals surface area contributed by atoms with E-state index < -0.39 is 6.10 Å². The molecule has 6 nitrogen and oxygen atoms in total. The van der Waals surface area contributed by atoms with Gasteiger partial charge in [0.2, 0.25) is 5.95 Å². The molecule has 24 heavy (non-hydrogen) atoms. The van der Waals surface area contributed by atoms with Crippen molar-refractivity contribution in [3.63, 3.8) is 0 Å². The van der Waals surface area contributed by atoms with Crippen LogP contribution in [0.4, 0.5) is 5.95 Å². The maximum atomic E-state index is 12.5. The minimum absolute atomic E-state index is 0.293. The molecule has 0 aliphatic carbocycles. The molecule has 0 saturated carbocycles. The first-order valence-electron chi connectivity index (χ1n) is 7.54. The molecule has 122 valence electrons. The number of ether oxygens (including phenoxy) is 1. The topological polar surface area (TPSA) is 69.0 Å². The maximum Gasteiger partial charge on any atom is 0.260 e. The van der Waals surface area contributed by atoms with Gasteiger partial charge in [-0.05, 0) is 5.56 Å². The third kappa shape index (κ3) is 3.33. The van der Waals surface area contributed by atoms with E-state index in [1.165, 1.54) is 11.8 Å². The van der Waals surface area contributed by atoms with E-state index in [9.17, 15) is 4.79 Å². The molecule has 0 saturated heterocycles. The van der Waals surface area contributed by atoms with Crippen molar-refractivity contribution in [2.45, 2.75) is 6.10 Å². The number of methoxy groups -OCH3 is 1. The minimum atomic E-state index is -0.705. The quantitative estimate of drug-likeness (QED) is 0.784. The number of carbonyl (C=O) groups excluding carboxylic acids is 1. The van der Waals surface area contributed by atoms with Crippen LogP contribution in [-0.4, -0.2) is 27.8 Å². The number of aromatic nitrogens is 3. The van der Waals surface area contributed by atoms with Gasteiger partial charge in [-0.25, -0.2) is 4.68 Å². The number of amides is 1. The highest BCUT2D eigenvalue weighted by Gasteiger charge is 2.22.